The molecule has 0 aliphatic heterocycles. The van der Waals surface area contributed by atoms with E-state index < -0.39 is 0 Å². The van der Waals surface area contributed by atoms with Crippen molar-refractivity contribution in [3.63, 3.8) is 0 Å². The number of benzene rings is 2. The minimum atomic E-state index is -0.310. The van der Waals surface area contributed by atoms with Gasteiger partial charge in [0.1, 0.15) is 18.0 Å². The molecule has 6 heteroatoms. The average Bonchev–Trinajstić information content (AvgIpc) is 2.51. The van der Waals surface area contributed by atoms with Crippen LogP contribution in [0, 0.1) is 5.82 Å². The molecule has 0 bridgehead atoms. The Hall–Kier alpha value is -2.40. The molecular weight excluding hydrogens is 303 g/mol. The number of hydrogen-bond acceptors (Lipinski definition) is 4. The number of nitrogens with two attached hydrogens (primary N) is 1. The van der Waals surface area contributed by atoms with Crippen LogP contribution in [0.4, 0.5) is 15.9 Å². The van der Waals surface area contributed by atoms with E-state index in [0.29, 0.717) is 34.0 Å². The van der Waals surface area contributed by atoms with Gasteiger partial charge in [0.2, 0.25) is 0 Å². The van der Waals surface area contributed by atoms with E-state index in [1.165, 1.54) is 18.5 Å². The quantitative estimate of drug-likeness (QED) is 0.721. The van der Waals surface area contributed by atoms with Crippen LogP contribution in [0.15, 0.2) is 42.7 Å². The molecule has 1 aromatic heterocycles. The smallest absolute Gasteiger partial charge is 0.137 e. The molecule has 0 saturated carbocycles. The van der Waals surface area contributed by atoms with E-state index in [1.807, 2.05) is 12.1 Å². The standard InChI is InChI=1S/C16H14ClFN4/c17-13-7-10(1-3-14(13)19)5-6-20-16-12-8-11(18)2-4-15(12)21-9-22-16/h1-4,7-9H,5-6,19H2,(H,20,21,22). The summed E-state index contributed by atoms with van der Waals surface area (Å²) < 4.78 is 13.4. The highest BCUT2D eigenvalue weighted by Gasteiger charge is 2.05. The Morgan fingerprint density at radius 2 is 2.00 bits per heavy atom. The van der Waals surface area contributed by atoms with E-state index >= 15 is 0 Å². The molecule has 4 nitrogen and oxygen atoms in total. The van der Waals surface area contributed by atoms with Crippen LogP contribution in [0.1, 0.15) is 5.56 Å². The lowest BCUT2D eigenvalue weighted by atomic mass is 10.1. The second-order valence-corrected chi connectivity index (χ2v) is 5.32. The highest BCUT2D eigenvalue weighted by molar-refractivity contribution is 6.33. The fourth-order valence-corrected chi connectivity index (χ4v) is 2.42. The maximum Gasteiger partial charge on any atom is 0.137 e. The number of nitrogens with zero attached hydrogens (tertiary/aromatic N) is 2. The monoisotopic (exact) mass is 316 g/mol. The van der Waals surface area contributed by atoms with E-state index in [4.69, 9.17) is 17.3 Å². The Morgan fingerprint density at radius 1 is 1.14 bits per heavy atom. The van der Waals surface area contributed by atoms with Crippen molar-refractivity contribution in [1.29, 1.82) is 0 Å². The van der Waals surface area contributed by atoms with E-state index in [9.17, 15) is 4.39 Å². The van der Waals surface area contributed by atoms with Gasteiger partial charge in [-0.05, 0) is 42.3 Å². The van der Waals surface area contributed by atoms with E-state index in [2.05, 4.69) is 15.3 Å². The SMILES string of the molecule is Nc1ccc(CCNc2ncnc3ccc(F)cc23)cc1Cl. The molecular formula is C16H14ClFN4. The van der Waals surface area contributed by atoms with Gasteiger partial charge >= 0.3 is 0 Å². The lowest BCUT2D eigenvalue weighted by Crippen LogP contribution is -2.07. The number of rotatable bonds is 4. The Labute approximate surface area is 132 Å². The van der Waals surface area contributed by atoms with Gasteiger partial charge in [0.25, 0.3) is 0 Å². The van der Waals surface area contributed by atoms with Crippen molar-refractivity contribution in [2.24, 2.45) is 0 Å². The molecule has 0 aliphatic carbocycles. The van der Waals surface area contributed by atoms with Gasteiger partial charge in [-0.3, -0.25) is 0 Å². The second kappa shape index (κ2) is 6.15. The molecule has 2 aromatic carbocycles. The molecule has 0 unspecified atom stereocenters. The van der Waals surface area contributed by atoms with Gasteiger partial charge in [-0.2, -0.15) is 0 Å². The topological polar surface area (TPSA) is 63.8 Å². The van der Waals surface area contributed by atoms with Gasteiger partial charge in [-0.15, -0.1) is 0 Å². The zero-order valence-electron chi connectivity index (χ0n) is 11.7. The van der Waals surface area contributed by atoms with Crippen molar-refractivity contribution >= 4 is 34.0 Å². The fraction of sp³-hybridized carbons (Fsp3) is 0.125. The lowest BCUT2D eigenvalue weighted by Gasteiger charge is -2.09. The zero-order valence-corrected chi connectivity index (χ0v) is 12.4. The Bertz CT molecular complexity index is 822. The van der Waals surface area contributed by atoms with Crippen molar-refractivity contribution in [2.45, 2.75) is 6.42 Å². The Morgan fingerprint density at radius 3 is 2.82 bits per heavy atom. The molecule has 3 N–H and O–H groups in total. The molecule has 0 amide bonds. The third-order valence-corrected chi connectivity index (χ3v) is 3.70. The van der Waals surface area contributed by atoms with Gasteiger partial charge in [0.15, 0.2) is 0 Å². The Kier molecular flexibility index (Phi) is 4.06. The normalized spacial score (nSPS) is 10.8. The zero-order chi connectivity index (χ0) is 15.5. The average molecular weight is 317 g/mol. The number of aromatic nitrogens is 2. The van der Waals surface area contributed by atoms with Crippen LogP contribution in [0.5, 0.6) is 0 Å². The van der Waals surface area contributed by atoms with Gasteiger partial charge < -0.3 is 11.1 Å². The van der Waals surface area contributed by atoms with Crippen LogP contribution in [0.3, 0.4) is 0 Å². The predicted molar refractivity (Wildman–Crippen MR) is 87.6 cm³/mol. The van der Waals surface area contributed by atoms with Gasteiger partial charge in [0, 0.05) is 11.9 Å². The minimum absolute atomic E-state index is 0.310. The lowest BCUT2D eigenvalue weighted by molar-refractivity contribution is 0.629. The first-order valence-corrected chi connectivity index (χ1v) is 7.19. The number of nitrogens with one attached hydrogen (secondary N) is 1. The molecule has 0 spiro atoms. The maximum atomic E-state index is 13.4. The van der Waals surface area contributed by atoms with Crippen LogP contribution < -0.4 is 11.1 Å². The van der Waals surface area contributed by atoms with Crippen molar-refractivity contribution in [1.82, 2.24) is 9.97 Å². The Balaban J connectivity index is 1.74. The second-order valence-electron chi connectivity index (χ2n) is 4.92. The van der Waals surface area contributed by atoms with Crippen LogP contribution >= 0.6 is 11.6 Å². The molecule has 0 radical (unpaired) electrons. The molecule has 0 saturated heterocycles. The summed E-state index contributed by atoms with van der Waals surface area (Å²) in [7, 11) is 0. The summed E-state index contributed by atoms with van der Waals surface area (Å²) >= 11 is 6.00. The van der Waals surface area contributed by atoms with Crippen molar-refractivity contribution < 1.29 is 4.39 Å². The molecule has 22 heavy (non-hydrogen) atoms. The van der Waals surface area contributed by atoms with Gasteiger partial charge in [-0.25, -0.2) is 14.4 Å². The summed E-state index contributed by atoms with van der Waals surface area (Å²) in [6.07, 6.45) is 2.21. The maximum absolute atomic E-state index is 13.4. The first-order valence-electron chi connectivity index (χ1n) is 6.81. The molecule has 112 valence electrons. The van der Waals surface area contributed by atoms with Crippen molar-refractivity contribution in [3.8, 4) is 0 Å². The molecule has 0 atom stereocenters. The molecule has 3 rings (SSSR count). The number of fused-ring (bicyclic) bond motifs is 1. The highest BCUT2D eigenvalue weighted by atomic mass is 35.5. The number of nitrogen functional groups attached to an aromatic ring is 1. The number of hydrogen-bond donors (Lipinski definition) is 2. The van der Waals surface area contributed by atoms with Gasteiger partial charge in [-0.1, -0.05) is 17.7 Å². The van der Waals surface area contributed by atoms with Crippen LogP contribution in [-0.2, 0) is 6.42 Å². The number of anilines is 2. The van der Waals surface area contributed by atoms with E-state index in [0.717, 1.165) is 12.0 Å². The summed E-state index contributed by atoms with van der Waals surface area (Å²) in [5, 5.41) is 4.42. The van der Waals surface area contributed by atoms with Crippen LogP contribution in [-0.4, -0.2) is 16.5 Å². The summed E-state index contributed by atoms with van der Waals surface area (Å²) in [6.45, 7) is 0.642. The first kappa shape index (κ1) is 14.5. The summed E-state index contributed by atoms with van der Waals surface area (Å²) in [6, 6.07) is 10.0. The van der Waals surface area contributed by atoms with E-state index in [1.54, 1.807) is 12.1 Å². The molecule has 0 aliphatic rings. The fourth-order valence-electron chi connectivity index (χ4n) is 2.22. The molecule has 1 heterocycles. The number of halogens is 2. The summed E-state index contributed by atoms with van der Waals surface area (Å²) in [5.41, 5.74) is 8.02. The first-order chi connectivity index (χ1) is 10.6. The minimum Gasteiger partial charge on any atom is -0.398 e. The van der Waals surface area contributed by atoms with Crippen LogP contribution in [0.2, 0.25) is 5.02 Å². The summed E-state index contributed by atoms with van der Waals surface area (Å²) in [5.74, 6) is 0.307. The predicted octanol–water partition coefficient (Wildman–Crippen LogP) is 3.66. The van der Waals surface area contributed by atoms with Gasteiger partial charge in [0.05, 0.1) is 16.2 Å². The molecule has 3 aromatic rings. The summed E-state index contributed by atoms with van der Waals surface area (Å²) in [4.78, 5) is 8.30. The van der Waals surface area contributed by atoms with Crippen LogP contribution in [0.25, 0.3) is 10.9 Å². The molecule has 0 fully saturated rings. The third-order valence-electron chi connectivity index (χ3n) is 3.37. The van der Waals surface area contributed by atoms with E-state index in [-0.39, 0.29) is 5.82 Å². The van der Waals surface area contributed by atoms with Crippen molar-refractivity contribution in [3.05, 3.63) is 59.1 Å². The highest BCUT2D eigenvalue weighted by Crippen LogP contribution is 2.21. The van der Waals surface area contributed by atoms with Crippen molar-refractivity contribution in [2.75, 3.05) is 17.6 Å². The third kappa shape index (κ3) is 3.09. The largest absolute Gasteiger partial charge is 0.398 e.